The molecule has 0 unspecified atom stereocenters. The third-order valence-electron chi connectivity index (χ3n) is 2.44. The van der Waals surface area contributed by atoms with E-state index in [-0.39, 0.29) is 11.3 Å². The number of pyridine rings is 1. The van der Waals surface area contributed by atoms with Crippen molar-refractivity contribution in [3.8, 4) is 0 Å². The van der Waals surface area contributed by atoms with Crippen LogP contribution in [0.1, 0.15) is 10.4 Å². The zero-order chi connectivity index (χ0) is 13.0. The van der Waals surface area contributed by atoms with Crippen LogP contribution in [0.25, 0.3) is 0 Å². The van der Waals surface area contributed by atoms with Gasteiger partial charge in [0.15, 0.2) is 0 Å². The first kappa shape index (κ1) is 11.9. The van der Waals surface area contributed by atoms with Crippen LogP contribution in [-0.4, -0.2) is 27.0 Å². The Morgan fingerprint density at radius 1 is 1.50 bits per heavy atom. The Morgan fingerprint density at radius 2 is 2.33 bits per heavy atom. The zero-order valence-electron chi connectivity index (χ0n) is 9.71. The van der Waals surface area contributed by atoms with Crippen molar-refractivity contribution >= 4 is 17.4 Å². The second-order valence-corrected chi connectivity index (χ2v) is 3.75. The zero-order valence-corrected chi connectivity index (χ0v) is 9.71. The lowest BCUT2D eigenvalue weighted by Gasteiger charge is -2.08. The van der Waals surface area contributed by atoms with Crippen LogP contribution in [0.2, 0.25) is 0 Å². The van der Waals surface area contributed by atoms with Crippen molar-refractivity contribution in [2.24, 2.45) is 5.73 Å². The van der Waals surface area contributed by atoms with Gasteiger partial charge in [0, 0.05) is 25.5 Å². The Balaban J connectivity index is 1.97. The molecular formula is C11H14N6O. The summed E-state index contributed by atoms with van der Waals surface area (Å²) < 4.78 is 1.93. The number of nitrogen functional groups attached to an aromatic ring is 1. The molecule has 5 N–H and O–H groups in total. The van der Waals surface area contributed by atoms with Gasteiger partial charge in [0.1, 0.15) is 5.82 Å². The number of imidazole rings is 1. The summed E-state index contributed by atoms with van der Waals surface area (Å²) in [6, 6.07) is 1.55. The molecule has 0 saturated heterocycles. The fourth-order valence-electron chi connectivity index (χ4n) is 1.51. The van der Waals surface area contributed by atoms with E-state index in [1.165, 1.54) is 6.20 Å². The fourth-order valence-corrected chi connectivity index (χ4v) is 1.51. The van der Waals surface area contributed by atoms with Gasteiger partial charge in [-0.3, -0.25) is 4.79 Å². The highest BCUT2D eigenvalue weighted by Gasteiger charge is 2.07. The molecule has 7 heteroatoms. The van der Waals surface area contributed by atoms with Crippen molar-refractivity contribution in [2.75, 3.05) is 17.6 Å². The van der Waals surface area contributed by atoms with E-state index in [2.05, 4.69) is 15.3 Å². The van der Waals surface area contributed by atoms with Crippen LogP contribution >= 0.6 is 0 Å². The first-order valence-electron chi connectivity index (χ1n) is 5.42. The molecule has 0 aliphatic carbocycles. The summed E-state index contributed by atoms with van der Waals surface area (Å²) in [7, 11) is 0. The number of carbonyl (C=O) groups excluding carboxylic acids is 1. The van der Waals surface area contributed by atoms with Crippen molar-refractivity contribution in [1.29, 1.82) is 0 Å². The first-order valence-corrected chi connectivity index (χ1v) is 5.42. The number of carbonyl (C=O) groups is 1. The number of anilines is 2. The third-order valence-corrected chi connectivity index (χ3v) is 2.44. The van der Waals surface area contributed by atoms with Gasteiger partial charge in [0.25, 0.3) is 5.91 Å². The van der Waals surface area contributed by atoms with Gasteiger partial charge in [0.2, 0.25) is 0 Å². The number of hydrogen-bond acceptors (Lipinski definition) is 5. The molecule has 7 nitrogen and oxygen atoms in total. The van der Waals surface area contributed by atoms with Gasteiger partial charge in [-0.05, 0) is 6.07 Å². The lowest BCUT2D eigenvalue weighted by molar-refractivity contribution is 0.100. The van der Waals surface area contributed by atoms with Crippen molar-refractivity contribution in [1.82, 2.24) is 14.5 Å². The highest BCUT2D eigenvalue weighted by molar-refractivity contribution is 5.98. The van der Waals surface area contributed by atoms with Crippen LogP contribution in [0, 0.1) is 0 Å². The summed E-state index contributed by atoms with van der Waals surface area (Å²) in [4.78, 5) is 19.1. The van der Waals surface area contributed by atoms with E-state index < -0.39 is 5.91 Å². The molecular weight excluding hydrogens is 232 g/mol. The van der Waals surface area contributed by atoms with E-state index >= 15 is 0 Å². The quantitative estimate of drug-likeness (QED) is 0.691. The maximum Gasteiger partial charge on any atom is 0.250 e. The van der Waals surface area contributed by atoms with Crippen molar-refractivity contribution < 1.29 is 4.79 Å². The standard InChI is InChI=1S/C11H14N6O/c12-9-6-16-10(5-8(9)11(13)18)15-2-4-17-3-1-14-7-17/h1,3,5-7H,2,4,12H2,(H2,13,18)(H,15,16). The Kier molecular flexibility index (Phi) is 3.42. The van der Waals surface area contributed by atoms with Gasteiger partial charge in [-0.1, -0.05) is 0 Å². The smallest absolute Gasteiger partial charge is 0.250 e. The van der Waals surface area contributed by atoms with E-state index in [1.807, 2.05) is 10.8 Å². The number of nitrogens with zero attached hydrogens (tertiary/aromatic N) is 3. The molecule has 18 heavy (non-hydrogen) atoms. The molecule has 0 saturated carbocycles. The molecule has 2 heterocycles. The molecule has 2 aromatic rings. The number of rotatable bonds is 5. The van der Waals surface area contributed by atoms with Crippen molar-refractivity contribution in [3.05, 3.63) is 36.5 Å². The molecule has 0 aliphatic rings. The monoisotopic (exact) mass is 246 g/mol. The molecule has 0 aliphatic heterocycles. The second kappa shape index (κ2) is 5.17. The Hall–Kier alpha value is -2.57. The number of aromatic nitrogens is 3. The predicted molar refractivity (Wildman–Crippen MR) is 67.9 cm³/mol. The van der Waals surface area contributed by atoms with Crippen LogP contribution in [0.4, 0.5) is 11.5 Å². The first-order chi connectivity index (χ1) is 8.66. The van der Waals surface area contributed by atoms with Crippen LogP contribution in [0.15, 0.2) is 31.0 Å². The van der Waals surface area contributed by atoms with E-state index in [9.17, 15) is 4.79 Å². The van der Waals surface area contributed by atoms with Gasteiger partial charge < -0.3 is 21.4 Å². The largest absolute Gasteiger partial charge is 0.397 e. The molecule has 0 atom stereocenters. The van der Waals surface area contributed by atoms with Gasteiger partial charge in [-0.25, -0.2) is 9.97 Å². The molecule has 0 bridgehead atoms. The Labute approximate surface area is 104 Å². The summed E-state index contributed by atoms with van der Waals surface area (Å²) in [5.74, 6) is 0.00525. The lowest BCUT2D eigenvalue weighted by atomic mass is 10.2. The summed E-state index contributed by atoms with van der Waals surface area (Å²) in [5, 5.41) is 3.08. The molecule has 0 fully saturated rings. The van der Waals surface area contributed by atoms with Gasteiger partial charge >= 0.3 is 0 Å². The minimum atomic E-state index is -0.562. The highest BCUT2D eigenvalue weighted by atomic mass is 16.1. The SMILES string of the molecule is NC(=O)c1cc(NCCn2ccnc2)ncc1N. The summed E-state index contributed by atoms with van der Waals surface area (Å²) in [6.45, 7) is 1.41. The number of primary amides is 1. The second-order valence-electron chi connectivity index (χ2n) is 3.75. The Morgan fingerprint density at radius 3 is 3.00 bits per heavy atom. The van der Waals surface area contributed by atoms with Crippen molar-refractivity contribution in [2.45, 2.75) is 6.54 Å². The molecule has 0 aromatic carbocycles. The highest BCUT2D eigenvalue weighted by Crippen LogP contribution is 2.13. The molecule has 1 amide bonds. The van der Waals surface area contributed by atoms with Crippen LogP contribution < -0.4 is 16.8 Å². The average molecular weight is 246 g/mol. The van der Waals surface area contributed by atoms with E-state index in [1.54, 1.807) is 18.6 Å². The number of nitrogens with one attached hydrogen (secondary N) is 1. The van der Waals surface area contributed by atoms with Gasteiger partial charge in [-0.15, -0.1) is 0 Å². The summed E-state index contributed by atoms with van der Waals surface area (Å²) >= 11 is 0. The van der Waals surface area contributed by atoms with Crippen molar-refractivity contribution in [3.63, 3.8) is 0 Å². The van der Waals surface area contributed by atoms with Crippen LogP contribution in [0.3, 0.4) is 0 Å². The maximum absolute atomic E-state index is 11.1. The number of nitrogens with two attached hydrogens (primary N) is 2. The Bertz CT molecular complexity index is 536. The molecule has 0 radical (unpaired) electrons. The van der Waals surface area contributed by atoms with E-state index in [0.29, 0.717) is 12.4 Å². The number of hydrogen-bond donors (Lipinski definition) is 3. The number of amides is 1. The third kappa shape index (κ3) is 2.76. The van der Waals surface area contributed by atoms with E-state index in [0.717, 1.165) is 6.54 Å². The summed E-state index contributed by atoms with van der Waals surface area (Å²) in [6.07, 6.45) is 6.73. The molecule has 0 spiro atoms. The van der Waals surface area contributed by atoms with Gasteiger partial charge in [-0.2, -0.15) is 0 Å². The van der Waals surface area contributed by atoms with Crippen LogP contribution in [0.5, 0.6) is 0 Å². The van der Waals surface area contributed by atoms with Crippen LogP contribution in [-0.2, 0) is 6.54 Å². The summed E-state index contributed by atoms with van der Waals surface area (Å²) in [5.41, 5.74) is 11.3. The fraction of sp³-hybridized carbons (Fsp3) is 0.182. The lowest BCUT2D eigenvalue weighted by Crippen LogP contribution is -2.16. The average Bonchev–Trinajstić information content (AvgIpc) is 2.84. The molecule has 2 rings (SSSR count). The normalized spacial score (nSPS) is 10.2. The van der Waals surface area contributed by atoms with Gasteiger partial charge in [0.05, 0.1) is 23.8 Å². The predicted octanol–water partition coefficient (Wildman–Crippen LogP) is 0.0713. The van der Waals surface area contributed by atoms with E-state index in [4.69, 9.17) is 11.5 Å². The molecule has 2 aromatic heterocycles. The molecule has 94 valence electrons. The minimum absolute atomic E-state index is 0.273. The topological polar surface area (TPSA) is 112 Å². The minimum Gasteiger partial charge on any atom is -0.397 e. The maximum atomic E-state index is 11.1.